The number of hydrogen-bond donors (Lipinski definition) is 0. The second-order valence-electron chi connectivity index (χ2n) is 10.6. The molecule has 3 aromatic carbocycles. The van der Waals surface area contributed by atoms with Crippen molar-refractivity contribution in [3.63, 3.8) is 0 Å². The number of hydrogen-bond acceptors (Lipinski definition) is 0. The molecule has 5 rings (SSSR count). The molecule has 1 saturated carbocycles. The van der Waals surface area contributed by atoms with Crippen molar-refractivity contribution in [1.29, 1.82) is 0 Å². The summed E-state index contributed by atoms with van der Waals surface area (Å²) in [7, 11) is 2.09. The van der Waals surface area contributed by atoms with Crippen molar-refractivity contribution in [2.45, 2.75) is 71.6 Å². The van der Waals surface area contributed by atoms with E-state index in [1.54, 1.807) is 6.07 Å². The van der Waals surface area contributed by atoms with E-state index in [0.29, 0.717) is 11.5 Å². The Bertz CT molecular complexity index is 1430. The van der Waals surface area contributed by atoms with Crippen LogP contribution in [0, 0.1) is 13.8 Å². The lowest BCUT2D eigenvalue weighted by Gasteiger charge is -2.24. The highest BCUT2D eigenvalue weighted by molar-refractivity contribution is 5.95. The standard InChI is InChI=1S/C31H36N/c1-20-12-11-17-28-30(20)26(22-13-7-8-14-22)19-29(32(28)6)25-18-27(31(3,4)5)24-16-10-9-15-23(24)21(25)2/h9-12,15-19,22H,7-8,13-14H2,1-6H3/q+1/i1D3. The molecule has 0 saturated heterocycles. The summed E-state index contributed by atoms with van der Waals surface area (Å²) in [6.45, 7) is 6.92. The van der Waals surface area contributed by atoms with Gasteiger partial charge in [-0.15, -0.1) is 0 Å². The van der Waals surface area contributed by atoms with Crippen LogP contribution in [0.3, 0.4) is 0 Å². The Morgan fingerprint density at radius 3 is 2.34 bits per heavy atom. The number of fused-ring (bicyclic) bond motifs is 2. The van der Waals surface area contributed by atoms with Crippen LogP contribution < -0.4 is 4.57 Å². The topological polar surface area (TPSA) is 3.88 Å². The van der Waals surface area contributed by atoms with Crippen molar-refractivity contribution in [3.8, 4) is 11.3 Å². The van der Waals surface area contributed by atoms with Crippen LogP contribution >= 0.6 is 0 Å². The molecule has 0 unspecified atom stereocenters. The van der Waals surface area contributed by atoms with Gasteiger partial charge in [0.25, 0.3) is 0 Å². The van der Waals surface area contributed by atoms with Crippen molar-refractivity contribution in [3.05, 3.63) is 76.9 Å². The summed E-state index contributed by atoms with van der Waals surface area (Å²) in [5.74, 6) is 0.406. The molecule has 1 nitrogen and oxygen atoms in total. The molecule has 164 valence electrons. The minimum atomic E-state index is -2.14. The molecule has 0 atom stereocenters. The van der Waals surface area contributed by atoms with Crippen LogP contribution in [0.5, 0.6) is 0 Å². The largest absolute Gasteiger partial charge is 0.213 e. The fourth-order valence-corrected chi connectivity index (χ4v) is 5.79. The highest BCUT2D eigenvalue weighted by atomic mass is 14.9. The second-order valence-corrected chi connectivity index (χ2v) is 10.6. The minimum Gasteiger partial charge on any atom is -0.194 e. The molecule has 1 aliphatic carbocycles. The van der Waals surface area contributed by atoms with Crippen LogP contribution in [0.15, 0.2) is 54.6 Å². The Morgan fingerprint density at radius 2 is 1.66 bits per heavy atom. The number of aromatic nitrogens is 1. The van der Waals surface area contributed by atoms with Gasteiger partial charge in [0, 0.05) is 21.8 Å². The Morgan fingerprint density at radius 1 is 0.938 bits per heavy atom. The monoisotopic (exact) mass is 425 g/mol. The molecule has 0 bridgehead atoms. The first-order valence-corrected chi connectivity index (χ1v) is 12.0. The van der Waals surface area contributed by atoms with Gasteiger partial charge in [0.05, 0.1) is 5.39 Å². The Kier molecular flexibility index (Phi) is 4.31. The molecule has 32 heavy (non-hydrogen) atoms. The first kappa shape index (κ1) is 17.8. The minimum absolute atomic E-state index is 0.000183. The van der Waals surface area contributed by atoms with E-state index in [9.17, 15) is 0 Å². The van der Waals surface area contributed by atoms with Gasteiger partial charge in [-0.2, -0.15) is 4.57 Å². The molecule has 0 aliphatic heterocycles. The quantitative estimate of drug-likeness (QED) is 0.286. The van der Waals surface area contributed by atoms with Gasteiger partial charge in [-0.05, 0) is 77.0 Å². The van der Waals surface area contributed by atoms with Gasteiger partial charge in [0.2, 0.25) is 11.2 Å². The predicted molar refractivity (Wildman–Crippen MR) is 137 cm³/mol. The lowest BCUT2D eigenvalue weighted by atomic mass is 9.80. The van der Waals surface area contributed by atoms with Gasteiger partial charge < -0.3 is 0 Å². The summed E-state index contributed by atoms with van der Waals surface area (Å²) in [6, 6.07) is 19.2. The van der Waals surface area contributed by atoms with Gasteiger partial charge in [0.15, 0.2) is 0 Å². The van der Waals surface area contributed by atoms with Crippen LogP contribution in [0.1, 0.15) is 78.7 Å². The van der Waals surface area contributed by atoms with E-state index in [1.165, 1.54) is 45.9 Å². The molecule has 0 N–H and O–H groups in total. The molecular formula is C31H36N+. The van der Waals surface area contributed by atoms with E-state index in [-0.39, 0.29) is 5.41 Å². The molecule has 1 heterocycles. The smallest absolute Gasteiger partial charge is 0.194 e. The fraction of sp³-hybridized carbons (Fsp3) is 0.387. The van der Waals surface area contributed by atoms with Gasteiger partial charge in [-0.3, -0.25) is 0 Å². The van der Waals surface area contributed by atoms with E-state index in [0.717, 1.165) is 29.4 Å². The van der Waals surface area contributed by atoms with Crippen molar-refractivity contribution in [2.75, 3.05) is 0 Å². The molecular weight excluding hydrogens is 386 g/mol. The molecule has 1 fully saturated rings. The molecule has 4 aromatic rings. The molecule has 1 heteroatoms. The van der Waals surface area contributed by atoms with Gasteiger partial charge in [-0.25, -0.2) is 0 Å². The summed E-state index contributed by atoms with van der Waals surface area (Å²) in [5, 5.41) is 3.53. The average Bonchev–Trinajstić information content (AvgIpc) is 3.33. The normalized spacial score (nSPS) is 17.0. The summed E-state index contributed by atoms with van der Waals surface area (Å²) >= 11 is 0. The van der Waals surface area contributed by atoms with Crippen LogP contribution in [-0.2, 0) is 12.5 Å². The molecule has 0 radical (unpaired) electrons. The van der Waals surface area contributed by atoms with Gasteiger partial charge >= 0.3 is 0 Å². The number of aryl methyl sites for hydroxylation is 3. The molecule has 0 spiro atoms. The zero-order chi connectivity index (χ0) is 25.1. The third-order valence-electron chi connectivity index (χ3n) is 7.54. The maximum absolute atomic E-state index is 8.26. The Labute approximate surface area is 197 Å². The fourth-order valence-electron chi connectivity index (χ4n) is 5.79. The summed E-state index contributed by atoms with van der Waals surface area (Å²) in [4.78, 5) is 0. The first-order chi connectivity index (χ1) is 16.5. The summed E-state index contributed by atoms with van der Waals surface area (Å²) in [5.41, 5.74) is 7.70. The summed E-state index contributed by atoms with van der Waals surface area (Å²) in [6.07, 6.45) is 4.67. The first-order valence-electron chi connectivity index (χ1n) is 13.5. The van der Waals surface area contributed by atoms with Crippen LogP contribution in [0.25, 0.3) is 32.9 Å². The maximum Gasteiger partial charge on any atom is 0.213 e. The average molecular weight is 426 g/mol. The van der Waals surface area contributed by atoms with E-state index >= 15 is 0 Å². The van der Waals surface area contributed by atoms with Gasteiger partial charge in [-0.1, -0.05) is 70.0 Å². The third-order valence-corrected chi connectivity index (χ3v) is 7.54. The third kappa shape index (κ3) is 3.34. The highest BCUT2D eigenvalue weighted by Gasteiger charge is 2.28. The van der Waals surface area contributed by atoms with Crippen molar-refractivity contribution >= 4 is 21.7 Å². The number of rotatable bonds is 2. The van der Waals surface area contributed by atoms with E-state index in [4.69, 9.17) is 4.11 Å². The highest BCUT2D eigenvalue weighted by Crippen LogP contribution is 2.41. The molecule has 0 amide bonds. The van der Waals surface area contributed by atoms with E-state index < -0.39 is 6.85 Å². The van der Waals surface area contributed by atoms with Crippen molar-refractivity contribution in [1.82, 2.24) is 0 Å². The number of nitrogens with zero attached hydrogens (tertiary/aromatic N) is 1. The zero-order valence-electron chi connectivity index (χ0n) is 23.0. The number of benzene rings is 3. The molecule has 1 aromatic heterocycles. The lowest BCUT2D eigenvalue weighted by Crippen LogP contribution is -2.33. The van der Waals surface area contributed by atoms with E-state index in [2.05, 4.69) is 81.8 Å². The van der Waals surface area contributed by atoms with Crippen LogP contribution in [-0.4, -0.2) is 0 Å². The second kappa shape index (κ2) is 7.73. The van der Waals surface area contributed by atoms with Crippen LogP contribution in [0.2, 0.25) is 0 Å². The SMILES string of the molecule is [2H]C([2H])([2H])c1cccc2c1c(C1CCCC1)cc(-c1cc(C(C)(C)C)c3ccccc3c1C)[n+]2C. The summed E-state index contributed by atoms with van der Waals surface area (Å²) < 4.78 is 27.0. The zero-order valence-corrected chi connectivity index (χ0v) is 20.0. The molecule has 1 aliphatic rings. The van der Waals surface area contributed by atoms with E-state index in [1.807, 2.05) is 6.07 Å². The van der Waals surface area contributed by atoms with Crippen molar-refractivity contribution < 1.29 is 8.68 Å². The Hall–Kier alpha value is -2.67. The van der Waals surface area contributed by atoms with Crippen molar-refractivity contribution in [2.24, 2.45) is 7.05 Å². The number of pyridine rings is 1. The lowest BCUT2D eigenvalue weighted by molar-refractivity contribution is -0.633. The van der Waals surface area contributed by atoms with Crippen LogP contribution in [0.4, 0.5) is 0 Å². The van der Waals surface area contributed by atoms with Gasteiger partial charge in [0.1, 0.15) is 7.05 Å². The maximum atomic E-state index is 8.26. The Balaban J connectivity index is 1.90. The predicted octanol–water partition coefficient (Wildman–Crippen LogP) is 8.06.